The molecule has 0 saturated carbocycles. The Kier molecular flexibility index (Phi) is 3.47. The maximum Gasteiger partial charge on any atom is 0.471 e. The third-order valence-electron chi connectivity index (χ3n) is 3.79. The van der Waals surface area contributed by atoms with Crippen LogP contribution in [0.15, 0.2) is 0 Å². The van der Waals surface area contributed by atoms with Crippen LogP contribution in [0.5, 0.6) is 0 Å². The van der Waals surface area contributed by atoms with E-state index in [1.54, 1.807) is 0 Å². The van der Waals surface area contributed by atoms with E-state index in [1.807, 2.05) is 0 Å². The number of rotatable bonds is 2. The molecule has 6 nitrogen and oxygen atoms in total. The van der Waals surface area contributed by atoms with Crippen LogP contribution in [0.25, 0.3) is 0 Å². The lowest BCUT2D eigenvalue weighted by molar-refractivity contribution is -0.184. The Bertz CT molecular complexity index is 544. The number of carbonyl (C=O) groups is 2. The summed E-state index contributed by atoms with van der Waals surface area (Å²) in [6, 6.07) is 0. The van der Waals surface area contributed by atoms with Gasteiger partial charge in [-0.15, -0.1) is 0 Å². The molecular weight excluding hydrogens is 303 g/mol. The van der Waals surface area contributed by atoms with Crippen molar-refractivity contribution < 1.29 is 36.3 Å². The van der Waals surface area contributed by atoms with Gasteiger partial charge >= 0.3 is 18.1 Å². The third kappa shape index (κ3) is 2.60. The minimum Gasteiger partial charge on any atom is -0.481 e. The summed E-state index contributed by atoms with van der Waals surface area (Å²) in [4.78, 5) is 22.3. The molecule has 1 amide bonds. The fourth-order valence-electron chi connectivity index (χ4n) is 2.96. The molecular formula is C10H12F3NO5S. The largest absolute Gasteiger partial charge is 0.481 e. The lowest BCUT2D eigenvalue weighted by atomic mass is 9.91. The van der Waals surface area contributed by atoms with Crippen LogP contribution >= 0.6 is 0 Å². The molecule has 0 aromatic heterocycles. The van der Waals surface area contributed by atoms with E-state index in [0.29, 0.717) is 4.90 Å². The van der Waals surface area contributed by atoms with Gasteiger partial charge < -0.3 is 10.0 Å². The Labute approximate surface area is 112 Å². The van der Waals surface area contributed by atoms with Gasteiger partial charge in [0.1, 0.15) is 0 Å². The molecule has 2 saturated heterocycles. The maximum absolute atomic E-state index is 12.3. The van der Waals surface area contributed by atoms with Gasteiger partial charge in [-0.2, -0.15) is 13.2 Å². The first-order valence-corrected chi connectivity index (χ1v) is 7.53. The van der Waals surface area contributed by atoms with Crippen LogP contribution in [0.2, 0.25) is 0 Å². The number of amides is 1. The van der Waals surface area contributed by atoms with E-state index in [1.165, 1.54) is 0 Å². The molecule has 0 aromatic rings. The maximum atomic E-state index is 12.3. The first-order chi connectivity index (χ1) is 9.02. The van der Waals surface area contributed by atoms with E-state index < -0.39 is 57.9 Å². The highest BCUT2D eigenvalue weighted by Gasteiger charge is 2.56. The Balaban J connectivity index is 2.20. The van der Waals surface area contributed by atoms with Crippen molar-refractivity contribution in [2.75, 3.05) is 18.8 Å². The number of halogens is 3. The van der Waals surface area contributed by atoms with E-state index in [-0.39, 0.29) is 12.3 Å². The number of alkyl halides is 3. The molecule has 114 valence electrons. The van der Waals surface area contributed by atoms with Crippen molar-refractivity contribution in [3.63, 3.8) is 0 Å². The van der Waals surface area contributed by atoms with Gasteiger partial charge in [0.2, 0.25) is 0 Å². The van der Waals surface area contributed by atoms with Crippen molar-refractivity contribution in [2.45, 2.75) is 17.8 Å². The summed E-state index contributed by atoms with van der Waals surface area (Å²) in [5.41, 5.74) is 0. The van der Waals surface area contributed by atoms with Crippen molar-refractivity contribution in [1.29, 1.82) is 0 Å². The second-order valence-electron chi connectivity index (χ2n) is 5.10. The van der Waals surface area contributed by atoms with Gasteiger partial charge in [-0.3, -0.25) is 9.59 Å². The molecule has 2 aliphatic heterocycles. The summed E-state index contributed by atoms with van der Waals surface area (Å²) < 4.78 is 60.7. The van der Waals surface area contributed by atoms with Gasteiger partial charge in [0, 0.05) is 19.5 Å². The van der Waals surface area contributed by atoms with E-state index in [0.717, 1.165) is 0 Å². The van der Waals surface area contributed by atoms with Crippen molar-refractivity contribution in [3.05, 3.63) is 0 Å². The zero-order chi connectivity index (χ0) is 15.3. The number of nitrogens with zero attached hydrogens (tertiary/aromatic N) is 1. The summed E-state index contributed by atoms with van der Waals surface area (Å²) in [7, 11) is -3.66. The van der Waals surface area contributed by atoms with Crippen LogP contribution in [0.1, 0.15) is 6.42 Å². The average molecular weight is 315 g/mol. The minimum absolute atomic E-state index is 0.345. The number of carbonyl (C=O) groups excluding carboxylic acids is 1. The molecule has 20 heavy (non-hydrogen) atoms. The quantitative estimate of drug-likeness (QED) is 0.768. The third-order valence-corrected chi connectivity index (χ3v) is 6.10. The van der Waals surface area contributed by atoms with Gasteiger partial charge in [-0.25, -0.2) is 8.42 Å². The predicted octanol–water partition coefficient (Wildman–Crippen LogP) is -0.105. The predicted molar refractivity (Wildman–Crippen MR) is 59.4 cm³/mol. The zero-order valence-corrected chi connectivity index (χ0v) is 10.9. The highest BCUT2D eigenvalue weighted by atomic mass is 32.2. The Morgan fingerprint density at radius 2 is 1.85 bits per heavy atom. The Hall–Kier alpha value is -1.32. The van der Waals surface area contributed by atoms with Crippen molar-refractivity contribution in [1.82, 2.24) is 4.90 Å². The highest BCUT2D eigenvalue weighted by molar-refractivity contribution is 7.92. The number of likely N-dealkylation sites (tertiary alicyclic amines) is 1. The van der Waals surface area contributed by atoms with Crippen LogP contribution in [-0.2, 0) is 19.4 Å². The van der Waals surface area contributed by atoms with Gasteiger partial charge in [0.15, 0.2) is 9.84 Å². The van der Waals surface area contributed by atoms with Gasteiger partial charge in [0.05, 0.1) is 11.0 Å². The SMILES string of the molecule is O=C(O)C[C@@H]1CS(=O)(=O)[C@@H]2CN(C(=O)C(F)(F)F)C[C@H]12. The average Bonchev–Trinajstić information content (AvgIpc) is 2.77. The minimum atomic E-state index is -5.05. The molecule has 2 heterocycles. The van der Waals surface area contributed by atoms with E-state index >= 15 is 0 Å². The number of sulfone groups is 1. The zero-order valence-electron chi connectivity index (χ0n) is 10.1. The van der Waals surface area contributed by atoms with Crippen LogP contribution in [0, 0.1) is 11.8 Å². The first kappa shape index (κ1) is 15.1. The summed E-state index contributed by atoms with van der Waals surface area (Å²) in [5, 5.41) is 7.63. The molecule has 0 aromatic carbocycles. The Morgan fingerprint density at radius 1 is 1.25 bits per heavy atom. The highest BCUT2D eigenvalue weighted by Crippen LogP contribution is 2.40. The van der Waals surface area contributed by atoms with E-state index in [4.69, 9.17) is 5.11 Å². The summed E-state index contributed by atoms with van der Waals surface area (Å²) in [6.07, 6.45) is -5.47. The number of carboxylic acid groups (broad SMARTS) is 1. The molecule has 0 aliphatic carbocycles. The number of fused-ring (bicyclic) bond motifs is 1. The summed E-state index contributed by atoms with van der Waals surface area (Å²) in [5.74, 6) is -5.10. The van der Waals surface area contributed by atoms with Crippen LogP contribution in [0.4, 0.5) is 13.2 Å². The number of aliphatic carboxylic acids is 1. The fourth-order valence-corrected chi connectivity index (χ4v) is 5.41. The molecule has 0 spiro atoms. The van der Waals surface area contributed by atoms with Gasteiger partial charge in [-0.05, 0) is 11.8 Å². The van der Waals surface area contributed by atoms with E-state index in [9.17, 15) is 31.2 Å². The monoisotopic (exact) mass is 315 g/mol. The van der Waals surface area contributed by atoms with E-state index in [2.05, 4.69) is 0 Å². The Morgan fingerprint density at radius 3 is 2.35 bits per heavy atom. The van der Waals surface area contributed by atoms with Crippen molar-refractivity contribution in [3.8, 4) is 0 Å². The number of carboxylic acids is 1. The van der Waals surface area contributed by atoms with Crippen molar-refractivity contribution in [2.24, 2.45) is 11.8 Å². The molecule has 0 unspecified atom stereocenters. The molecule has 2 rings (SSSR count). The molecule has 0 bridgehead atoms. The lowest BCUT2D eigenvalue weighted by Gasteiger charge is -2.20. The molecule has 3 atom stereocenters. The number of hydrogen-bond donors (Lipinski definition) is 1. The molecule has 2 aliphatic rings. The second kappa shape index (κ2) is 4.61. The van der Waals surface area contributed by atoms with Gasteiger partial charge in [0.25, 0.3) is 0 Å². The summed E-state index contributed by atoms with van der Waals surface area (Å²) >= 11 is 0. The molecule has 1 N–H and O–H groups in total. The summed E-state index contributed by atoms with van der Waals surface area (Å²) in [6.45, 7) is -0.873. The number of hydrogen-bond acceptors (Lipinski definition) is 4. The van der Waals surface area contributed by atoms with Gasteiger partial charge in [-0.1, -0.05) is 0 Å². The smallest absolute Gasteiger partial charge is 0.471 e. The molecule has 2 fully saturated rings. The first-order valence-electron chi connectivity index (χ1n) is 5.82. The van der Waals surface area contributed by atoms with Crippen LogP contribution in [-0.4, -0.2) is 60.6 Å². The topological polar surface area (TPSA) is 91.8 Å². The standard InChI is InChI=1S/C10H12F3NO5S/c11-10(12,13)9(17)14-2-6-5(1-8(15)16)4-20(18,19)7(6)3-14/h5-7H,1-4H2,(H,15,16)/t5-,6-,7-/m1/s1. The lowest BCUT2D eigenvalue weighted by Crippen LogP contribution is -2.41. The second-order valence-corrected chi connectivity index (χ2v) is 7.36. The normalized spacial score (nSPS) is 32.1. The van der Waals surface area contributed by atoms with Crippen LogP contribution in [0.3, 0.4) is 0 Å². The molecule has 10 heteroatoms. The van der Waals surface area contributed by atoms with Crippen molar-refractivity contribution >= 4 is 21.7 Å². The fraction of sp³-hybridized carbons (Fsp3) is 0.800. The van der Waals surface area contributed by atoms with Crippen LogP contribution < -0.4 is 0 Å². The molecule has 0 radical (unpaired) electrons.